The Morgan fingerprint density at radius 1 is 0.590 bits per heavy atom. The van der Waals surface area contributed by atoms with Crippen LogP contribution in [-0.4, -0.2) is 4.57 Å². The summed E-state index contributed by atoms with van der Waals surface area (Å²) in [6.45, 7) is 6.82. The Balaban J connectivity index is 1.01. The molecule has 0 radical (unpaired) electrons. The van der Waals surface area contributed by atoms with Gasteiger partial charge in [-0.15, -0.1) is 0 Å². The number of allylic oxidation sites excluding steroid dienone is 8. The van der Waals surface area contributed by atoms with Gasteiger partial charge in [0.2, 0.25) is 0 Å². The monoisotopic (exact) mass is 781 g/mol. The second-order valence-electron chi connectivity index (χ2n) is 17.9. The number of nitrogens with zero attached hydrogens (tertiary/aromatic N) is 1. The lowest BCUT2D eigenvalue weighted by Gasteiger charge is -2.35. The van der Waals surface area contributed by atoms with Crippen LogP contribution in [0.3, 0.4) is 0 Å². The third-order valence-electron chi connectivity index (χ3n) is 15.0. The van der Waals surface area contributed by atoms with Gasteiger partial charge in [-0.05, 0) is 144 Å². The van der Waals surface area contributed by atoms with Crippen molar-refractivity contribution in [1.29, 1.82) is 0 Å². The van der Waals surface area contributed by atoms with Crippen molar-refractivity contribution in [3.63, 3.8) is 0 Å². The van der Waals surface area contributed by atoms with Crippen LogP contribution in [0.2, 0.25) is 0 Å². The minimum atomic E-state index is -0.407. The Bertz CT molecular complexity index is 3460. The van der Waals surface area contributed by atoms with E-state index in [4.69, 9.17) is 0 Å². The third kappa shape index (κ3) is 4.50. The zero-order chi connectivity index (χ0) is 40.7. The summed E-state index contributed by atoms with van der Waals surface area (Å²) in [5, 5.41) is 2.93. The first kappa shape index (κ1) is 34.8. The van der Waals surface area contributed by atoms with E-state index in [1.807, 2.05) is 12.1 Å². The molecule has 13 rings (SSSR count). The van der Waals surface area contributed by atoms with Crippen molar-refractivity contribution in [2.24, 2.45) is 5.92 Å². The van der Waals surface area contributed by atoms with E-state index in [0.717, 1.165) is 28.1 Å². The SMILES string of the molecule is Cc1ccccc1-c1cccc(-c2ccc(-c3cc4c5c(c3)c3ccccc3c(=O)n5C3C=C5C(=CC43)C3(C4=C(c6ccccc63)C(C)CC=C4)c3ccccc35)cc2)c1C. The molecule has 0 fully saturated rings. The molecule has 290 valence electrons. The number of hydrogen-bond acceptors (Lipinski definition) is 1. The van der Waals surface area contributed by atoms with E-state index in [2.05, 4.69) is 189 Å². The van der Waals surface area contributed by atoms with Crippen molar-refractivity contribution < 1.29 is 0 Å². The fourth-order valence-corrected chi connectivity index (χ4v) is 12.3. The predicted octanol–water partition coefficient (Wildman–Crippen LogP) is 14.1. The fraction of sp³-hybridized carbons (Fsp3) is 0.136. The van der Waals surface area contributed by atoms with Gasteiger partial charge in [-0.2, -0.15) is 0 Å². The summed E-state index contributed by atoms with van der Waals surface area (Å²) >= 11 is 0. The van der Waals surface area contributed by atoms with Crippen LogP contribution in [0.15, 0.2) is 192 Å². The van der Waals surface area contributed by atoms with E-state index in [0.29, 0.717) is 5.92 Å². The molecule has 1 spiro atoms. The molecule has 0 N–H and O–H groups in total. The molecule has 5 aliphatic rings. The van der Waals surface area contributed by atoms with Crippen molar-refractivity contribution in [3.8, 4) is 33.4 Å². The molecular formula is C59H43NO. The Labute approximate surface area is 356 Å². The van der Waals surface area contributed by atoms with Gasteiger partial charge in [-0.3, -0.25) is 9.36 Å². The summed E-state index contributed by atoms with van der Waals surface area (Å²) in [6, 6.07) is 55.5. The summed E-state index contributed by atoms with van der Waals surface area (Å²) in [7, 11) is 0. The lowest BCUT2D eigenvalue weighted by Crippen LogP contribution is -2.30. The largest absolute Gasteiger partial charge is 0.300 e. The Morgan fingerprint density at radius 2 is 1.25 bits per heavy atom. The number of hydrogen-bond donors (Lipinski definition) is 0. The van der Waals surface area contributed by atoms with Crippen LogP contribution >= 0.6 is 0 Å². The summed E-state index contributed by atoms with van der Waals surface area (Å²) < 4.78 is 2.14. The van der Waals surface area contributed by atoms with Gasteiger partial charge in [0.05, 0.1) is 17.0 Å². The molecule has 0 amide bonds. The highest BCUT2D eigenvalue weighted by atomic mass is 16.1. The third-order valence-corrected chi connectivity index (χ3v) is 15.0. The van der Waals surface area contributed by atoms with Crippen LogP contribution in [0, 0.1) is 19.8 Å². The molecule has 4 atom stereocenters. The second-order valence-corrected chi connectivity index (χ2v) is 17.9. The molecule has 2 nitrogen and oxygen atoms in total. The van der Waals surface area contributed by atoms with E-state index < -0.39 is 5.41 Å². The molecule has 2 heteroatoms. The molecule has 61 heavy (non-hydrogen) atoms. The first-order valence-electron chi connectivity index (χ1n) is 21.9. The normalized spacial score (nSPS) is 21.3. The molecule has 4 aliphatic carbocycles. The molecule has 2 heterocycles. The Morgan fingerprint density at radius 3 is 2.05 bits per heavy atom. The van der Waals surface area contributed by atoms with E-state index in [-0.39, 0.29) is 17.5 Å². The van der Waals surface area contributed by atoms with Crippen molar-refractivity contribution in [2.75, 3.05) is 0 Å². The highest BCUT2D eigenvalue weighted by Gasteiger charge is 2.56. The summed E-state index contributed by atoms with van der Waals surface area (Å²) in [4.78, 5) is 14.8. The topological polar surface area (TPSA) is 22.0 Å². The smallest absolute Gasteiger partial charge is 0.259 e. The number of rotatable bonds is 3. The Kier molecular flexibility index (Phi) is 7.13. The second kappa shape index (κ2) is 12.5. The number of pyridine rings is 1. The lowest BCUT2D eigenvalue weighted by atomic mass is 9.66. The number of aryl methyl sites for hydroxylation is 1. The maximum Gasteiger partial charge on any atom is 0.259 e. The highest BCUT2D eigenvalue weighted by Crippen LogP contribution is 2.67. The maximum atomic E-state index is 14.8. The van der Waals surface area contributed by atoms with Crippen molar-refractivity contribution in [3.05, 3.63) is 236 Å². The van der Waals surface area contributed by atoms with Crippen LogP contribution < -0.4 is 5.56 Å². The lowest BCUT2D eigenvalue weighted by molar-refractivity contribution is 0.580. The standard InChI is InChI=1S/C59H43NO/c1-34-14-4-5-16-40(34)42-22-13-21-41(36(42)3)38-28-26-37(27-29-38)39-30-49-43-17-6-7-19-45(43)58(61)60-55-33-47-44-18-8-10-23-51(44)59(54(47)32-48(55)50(31-39)57(49)60)52-24-11-9-20-46(52)56-35(2)15-12-25-53(56)59/h4-14,16-33,35,48,55H,15H2,1-3H3. The van der Waals surface area contributed by atoms with E-state index >= 15 is 0 Å². The van der Waals surface area contributed by atoms with Crippen LogP contribution in [0.1, 0.15) is 64.2 Å². The van der Waals surface area contributed by atoms with Gasteiger partial charge < -0.3 is 0 Å². The highest BCUT2D eigenvalue weighted by molar-refractivity contribution is 6.10. The van der Waals surface area contributed by atoms with Crippen LogP contribution in [0.5, 0.6) is 0 Å². The molecule has 7 aromatic carbocycles. The Hall–Kier alpha value is -7.03. The van der Waals surface area contributed by atoms with Crippen molar-refractivity contribution >= 4 is 32.8 Å². The first-order chi connectivity index (χ1) is 29.9. The molecule has 0 bridgehead atoms. The zero-order valence-corrected chi connectivity index (χ0v) is 34.5. The number of fused-ring (bicyclic) bond motifs is 14. The molecule has 1 aromatic heterocycles. The molecule has 0 saturated carbocycles. The minimum Gasteiger partial charge on any atom is -0.300 e. The molecular weight excluding hydrogens is 739 g/mol. The van der Waals surface area contributed by atoms with Crippen LogP contribution in [0.25, 0.3) is 66.2 Å². The predicted molar refractivity (Wildman–Crippen MR) is 253 cm³/mol. The summed E-state index contributed by atoms with van der Waals surface area (Å²) in [6.07, 6.45) is 10.9. The van der Waals surface area contributed by atoms with Gasteiger partial charge in [0, 0.05) is 16.7 Å². The van der Waals surface area contributed by atoms with E-state index in [1.165, 1.54) is 94.6 Å². The van der Waals surface area contributed by atoms with Crippen LogP contribution in [0.4, 0.5) is 0 Å². The maximum absolute atomic E-state index is 14.8. The van der Waals surface area contributed by atoms with Gasteiger partial charge in [-0.25, -0.2) is 0 Å². The van der Waals surface area contributed by atoms with E-state index in [1.54, 1.807) is 0 Å². The average Bonchev–Trinajstić information content (AvgIpc) is 3.90. The van der Waals surface area contributed by atoms with Crippen LogP contribution in [-0.2, 0) is 5.41 Å². The molecule has 8 aromatic rings. The van der Waals surface area contributed by atoms with Gasteiger partial charge in [0.25, 0.3) is 5.56 Å². The zero-order valence-electron chi connectivity index (χ0n) is 34.5. The number of aromatic nitrogens is 1. The van der Waals surface area contributed by atoms with Crippen molar-refractivity contribution in [1.82, 2.24) is 4.57 Å². The van der Waals surface area contributed by atoms with Crippen molar-refractivity contribution in [2.45, 2.75) is 44.6 Å². The first-order valence-corrected chi connectivity index (χ1v) is 21.9. The molecule has 4 unspecified atom stereocenters. The quantitative estimate of drug-likeness (QED) is 0.164. The molecule has 1 aliphatic heterocycles. The minimum absolute atomic E-state index is 0.00943. The molecule has 0 saturated heterocycles. The number of benzene rings is 7. The van der Waals surface area contributed by atoms with Gasteiger partial charge in [0.15, 0.2) is 0 Å². The average molecular weight is 782 g/mol. The van der Waals surface area contributed by atoms with Gasteiger partial charge in [-0.1, -0.05) is 165 Å². The van der Waals surface area contributed by atoms with E-state index in [9.17, 15) is 4.79 Å². The summed E-state index contributed by atoms with van der Waals surface area (Å²) in [5.74, 6) is 0.424. The van der Waals surface area contributed by atoms with Gasteiger partial charge in [0.1, 0.15) is 0 Å². The fourth-order valence-electron chi connectivity index (χ4n) is 12.3. The summed E-state index contributed by atoms with van der Waals surface area (Å²) in [5.41, 5.74) is 22.9. The van der Waals surface area contributed by atoms with Gasteiger partial charge >= 0.3 is 0 Å².